The first-order valence-corrected chi connectivity index (χ1v) is 6.42. The summed E-state index contributed by atoms with van der Waals surface area (Å²) in [4.78, 5) is 0. The van der Waals surface area contributed by atoms with Crippen LogP contribution in [0.5, 0.6) is 0 Å². The summed E-state index contributed by atoms with van der Waals surface area (Å²) >= 11 is 0. The third kappa shape index (κ3) is 1.45. The maximum atomic E-state index is 13.2. The van der Waals surface area contributed by atoms with Crippen LogP contribution in [0.1, 0.15) is 0 Å². The molecule has 0 aliphatic heterocycles. The molecule has 0 aromatic heterocycles. The quantitative estimate of drug-likeness (QED) is 0.349. The summed E-state index contributed by atoms with van der Waals surface area (Å²) in [5.41, 5.74) is -0.504. The van der Waals surface area contributed by atoms with Gasteiger partial charge in [-0.05, 0) is 32.3 Å². The van der Waals surface area contributed by atoms with Gasteiger partial charge >= 0.3 is 6.98 Å². The smallest absolute Gasteiger partial charge is 0.445 e. The van der Waals surface area contributed by atoms with Crippen LogP contribution in [0.25, 0.3) is 32.3 Å². The Labute approximate surface area is 113 Å². The number of rotatable bonds is 1. The van der Waals surface area contributed by atoms with E-state index < -0.39 is 12.4 Å². The minimum atomic E-state index is -5.00. The third-order valence-corrected chi connectivity index (χ3v) is 3.92. The van der Waals surface area contributed by atoms with Gasteiger partial charge in [0.25, 0.3) is 0 Å². The standard InChI is InChI=1S/C16H9BF3/c18-17(19,20)14-9-7-12-5-4-10-2-1-3-11-6-8-13(14)16(12)15(10)11/h1-9H/q-1. The van der Waals surface area contributed by atoms with Crippen LogP contribution < -0.4 is 5.46 Å². The zero-order chi connectivity index (χ0) is 13.9. The molecule has 4 heteroatoms. The van der Waals surface area contributed by atoms with Gasteiger partial charge in [0.05, 0.1) is 0 Å². The van der Waals surface area contributed by atoms with E-state index in [0.29, 0.717) is 5.39 Å². The molecule has 0 unspecified atom stereocenters. The first-order chi connectivity index (χ1) is 9.55. The van der Waals surface area contributed by atoms with E-state index in [1.165, 1.54) is 6.07 Å². The fourth-order valence-electron chi connectivity index (χ4n) is 3.04. The summed E-state index contributed by atoms with van der Waals surface area (Å²) < 4.78 is 39.6. The van der Waals surface area contributed by atoms with Gasteiger partial charge in [0, 0.05) is 0 Å². The van der Waals surface area contributed by atoms with Crippen LogP contribution in [0.4, 0.5) is 12.9 Å². The molecule has 0 atom stereocenters. The van der Waals surface area contributed by atoms with Gasteiger partial charge in [0.2, 0.25) is 0 Å². The Morgan fingerprint density at radius 1 is 0.600 bits per heavy atom. The molecular weight excluding hydrogens is 260 g/mol. The van der Waals surface area contributed by atoms with Crippen molar-refractivity contribution in [3.05, 3.63) is 54.6 Å². The molecule has 0 spiro atoms. The highest BCUT2D eigenvalue weighted by molar-refractivity contribution is 6.76. The maximum absolute atomic E-state index is 13.2. The Morgan fingerprint density at radius 2 is 1.15 bits per heavy atom. The van der Waals surface area contributed by atoms with Crippen LogP contribution >= 0.6 is 0 Å². The lowest BCUT2D eigenvalue weighted by molar-refractivity contribution is 0.502. The molecule has 0 N–H and O–H groups in total. The lowest BCUT2D eigenvalue weighted by Crippen LogP contribution is -2.34. The molecule has 98 valence electrons. The largest absolute Gasteiger partial charge is 0.510 e. The molecule has 4 aromatic rings. The van der Waals surface area contributed by atoms with E-state index in [1.54, 1.807) is 18.2 Å². The molecule has 0 amide bonds. The molecule has 0 radical (unpaired) electrons. The van der Waals surface area contributed by atoms with Crippen molar-refractivity contribution in [3.8, 4) is 0 Å². The van der Waals surface area contributed by atoms with Crippen molar-refractivity contribution >= 4 is 44.8 Å². The van der Waals surface area contributed by atoms with E-state index in [4.69, 9.17) is 0 Å². The molecule has 0 nitrogen and oxygen atoms in total. The minimum Gasteiger partial charge on any atom is -0.445 e. The second-order valence-electron chi connectivity index (χ2n) is 5.09. The van der Waals surface area contributed by atoms with Crippen LogP contribution in [0.3, 0.4) is 0 Å². The summed E-state index contributed by atoms with van der Waals surface area (Å²) in [5.74, 6) is 0. The van der Waals surface area contributed by atoms with Gasteiger partial charge in [-0.2, -0.15) is 0 Å². The van der Waals surface area contributed by atoms with Crippen LogP contribution in [0.2, 0.25) is 0 Å². The molecule has 0 heterocycles. The van der Waals surface area contributed by atoms with Crippen molar-refractivity contribution in [2.24, 2.45) is 0 Å². The van der Waals surface area contributed by atoms with Crippen molar-refractivity contribution in [1.82, 2.24) is 0 Å². The first-order valence-electron chi connectivity index (χ1n) is 6.42. The van der Waals surface area contributed by atoms with Gasteiger partial charge in [0.15, 0.2) is 0 Å². The lowest BCUT2D eigenvalue weighted by Gasteiger charge is -2.20. The Morgan fingerprint density at radius 3 is 1.80 bits per heavy atom. The monoisotopic (exact) mass is 269 g/mol. The van der Waals surface area contributed by atoms with Gasteiger partial charge in [-0.3, -0.25) is 0 Å². The topological polar surface area (TPSA) is 0 Å². The van der Waals surface area contributed by atoms with E-state index in [2.05, 4.69) is 0 Å². The first kappa shape index (κ1) is 11.6. The molecule has 20 heavy (non-hydrogen) atoms. The van der Waals surface area contributed by atoms with Crippen LogP contribution in [0.15, 0.2) is 54.6 Å². The average molecular weight is 269 g/mol. The molecule has 0 saturated heterocycles. The van der Waals surface area contributed by atoms with Crippen molar-refractivity contribution < 1.29 is 12.9 Å². The van der Waals surface area contributed by atoms with Crippen LogP contribution in [-0.2, 0) is 0 Å². The van der Waals surface area contributed by atoms with Gasteiger partial charge in [-0.1, -0.05) is 54.6 Å². The fraction of sp³-hybridized carbons (Fsp3) is 0. The Bertz CT molecular complexity index is 925. The summed E-state index contributed by atoms with van der Waals surface area (Å²) in [6.07, 6.45) is 0. The minimum absolute atomic E-state index is 0.305. The van der Waals surface area contributed by atoms with Gasteiger partial charge < -0.3 is 12.9 Å². The second-order valence-corrected chi connectivity index (χ2v) is 5.09. The Kier molecular flexibility index (Phi) is 2.12. The number of hydrogen-bond acceptors (Lipinski definition) is 0. The van der Waals surface area contributed by atoms with Crippen molar-refractivity contribution in [3.63, 3.8) is 0 Å². The highest BCUT2D eigenvalue weighted by Gasteiger charge is 2.28. The summed E-state index contributed by atoms with van der Waals surface area (Å²) in [6, 6.07) is 15.8. The molecule has 4 rings (SSSR count). The van der Waals surface area contributed by atoms with E-state index in [9.17, 15) is 12.9 Å². The predicted molar refractivity (Wildman–Crippen MR) is 78.9 cm³/mol. The highest BCUT2D eigenvalue weighted by Crippen LogP contribution is 2.34. The van der Waals surface area contributed by atoms with Crippen LogP contribution in [0, 0.1) is 0 Å². The average Bonchev–Trinajstić information content (AvgIpc) is 2.43. The summed E-state index contributed by atoms with van der Waals surface area (Å²) in [5, 5.41) is 4.76. The van der Waals surface area contributed by atoms with Gasteiger partial charge in [-0.15, -0.1) is 5.46 Å². The van der Waals surface area contributed by atoms with Crippen LogP contribution in [-0.4, -0.2) is 6.98 Å². The van der Waals surface area contributed by atoms with E-state index in [0.717, 1.165) is 26.9 Å². The molecule has 4 aromatic carbocycles. The predicted octanol–water partition coefficient (Wildman–Crippen LogP) is 4.64. The molecular formula is C16H9BF3-. The summed E-state index contributed by atoms with van der Waals surface area (Å²) in [7, 11) is 0. The highest BCUT2D eigenvalue weighted by atomic mass is 19.4. The molecule has 0 aliphatic rings. The number of benzene rings is 4. The molecule has 0 saturated carbocycles. The normalized spacial score (nSPS) is 12.8. The fourth-order valence-corrected chi connectivity index (χ4v) is 3.04. The molecule has 0 bridgehead atoms. The third-order valence-electron chi connectivity index (χ3n) is 3.92. The number of halogens is 3. The second kappa shape index (κ2) is 3.66. The number of hydrogen-bond donors (Lipinski definition) is 0. The van der Waals surface area contributed by atoms with E-state index in [1.807, 2.05) is 30.3 Å². The van der Waals surface area contributed by atoms with E-state index >= 15 is 0 Å². The Balaban J connectivity index is 2.32. The summed E-state index contributed by atoms with van der Waals surface area (Å²) in [6.45, 7) is -5.00. The van der Waals surface area contributed by atoms with Crippen molar-refractivity contribution in [1.29, 1.82) is 0 Å². The van der Waals surface area contributed by atoms with E-state index in [-0.39, 0.29) is 0 Å². The molecule has 0 aliphatic carbocycles. The van der Waals surface area contributed by atoms with Crippen molar-refractivity contribution in [2.45, 2.75) is 0 Å². The zero-order valence-electron chi connectivity index (χ0n) is 10.4. The zero-order valence-corrected chi connectivity index (χ0v) is 10.4. The SMILES string of the molecule is F[B-](F)(F)c1ccc2ccc3cccc4ccc1c2c34. The van der Waals surface area contributed by atoms with Crippen molar-refractivity contribution in [2.75, 3.05) is 0 Å². The Hall–Kier alpha value is -2.23. The maximum Gasteiger partial charge on any atom is 0.510 e. The van der Waals surface area contributed by atoms with Gasteiger partial charge in [0.1, 0.15) is 0 Å². The lowest BCUT2D eigenvalue weighted by atomic mass is 9.75. The molecule has 0 fully saturated rings. The van der Waals surface area contributed by atoms with Gasteiger partial charge in [-0.25, -0.2) is 0 Å².